The fourth-order valence-electron chi connectivity index (χ4n) is 1.22. The van der Waals surface area contributed by atoms with Crippen molar-refractivity contribution < 1.29 is 14.7 Å². The van der Waals surface area contributed by atoms with Crippen molar-refractivity contribution >= 4 is 11.9 Å². The van der Waals surface area contributed by atoms with Crippen LogP contribution in [0, 0.1) is 11.3 Å². The highest BCUT2D eigenvalue weighted by molar-refractivity contribution is 5.82. The topological polar surface area (TPSA) is 66.4 Å². The van der Waals surface area contributed by atoms with E-state index in [1.54, 1.807) is 0 Å². The maximum Gasteiger partial charge on any atom is 0.307 e. The lowest BCUT2D eigenvalue weighted by Crippen LogP contribution is -2.34. The van der Waals surface area contributed by atoms with E-state index < -0.39 is 17.3 Å². The van der Waals surface area contributed by atoms with Crippen molar-refractivity contribution in [2.75, 3.05) is 6.54 Å². The normalized spacial score (nSPS) is 13.4. The zero-order chi connectivity index (χ0) is 11.4. The van der Waals surface area contributed by atoms with Crippen LogP contribution in [0.4, 0.5) is 0 Å². The SMILES string of the molecule is CCNC(=O)CC(C(=O)O)C(C)(C)C. The largest absolute Gasteiger partial charge is 0.481 e. The third-order valence-corrected chi connectivity index (χ3v) is 2.11. The van der Waals surface area contributed by atoms with Crippen LogP contribution in [-0.2, 0) is 9.59 Å². The second-order valence-corrected chi connectivity index (χ2v) is 4.41. The van der Waals surface area contributed by atoms with E-state index in [2.05, 4.69) is 5.32 Å². The molecule has 0 aliphatic rings. The number of carboxylic acid groups (broad SMARTS) is 1. The van der Waals surface area contributed by atoms with Gasteiger partial charge in [0.15, 0.2) is 0 Å². The van der Waals surface area contributed by atoms with E-state index >= 15 is 0 Å². The Hall–Kier alpha value is -1.06. The van der Waals surface area contributed by atoms with Gasteiger partial charge in [0.2, 0.25) is 5.91 Å². The molecule has 0 heterocycles. The Kier molecular flexibility index (Phi) is 4.60. The van der Waals surface area contributed by atoms with Gasteiger partial charge in [0.25, 0.3) is 0 Å². The predicted octanol–water partition coefficient (Wildman–Crippen LogP) is 1.26. The molecule has 4 nitrogen and oxygen atoms in total. The fraction of sp³-hybridized carbons (Fsp3) is 0.800. The number of carboxylic acids is 1. The van der Waals surface area contributed by atoms with Gasteiger partial charge >= 0.3 is 5.97 Å². The maximum atomic E-state index is 11.2. The molecule has 2 N–H and O–H groups in total. The van der Waals surface area contributed by atoms with E-state index in [4.69, 9.17) is 5.11 Å². The molecule has 1 amide bonds. The lowest BCUT2D eigenvalue weighted by Gasteiger charge is -2.26. The summed E-state index contributed by atoms with van der Waals surface area (Å²) in [5.74, 6) is -1.74. The van der Waals surface area contributed by atoms with Crippen molar-refractivity contribution in [3.63, 3.8) is 0 Å². The van der Waals surface area contributed by atoms with Crippen LogP contribution in [0.3, 0.4) is 0 Å². The molecule has 0 aromatic heterocycles. The zero-order valence-electron chi connectivity index (χ0n) is 9.26. The second kappa shape index (κ2) is 4.98. The summed E-state index contributed by atoms with van der Waals surface area (Å²) in [7, 11) is 0. The average Bonchev–Trinajstić information content (AvgIpc) is 1.98. The molecule has 4 heteroatoms. The number of nitrogens with one attached hydrogen (secondary N) is 1. The highest BCUT2D eigenvalue weighted by Gasteiger charge is 2.32. The summed E-state index contributed by atoms with van der Waals surface area (Å²) in [6.45, 7) is 7.82. The Balaban J connectivity index is 4.40. The van der Waals surface area contributed by atoms with Crippen LogP contribution in [0.2, 0.25) is 0 Å². The minimum atomic E-state index is -0.913. The number of aliphatic carboxylic acids is 1. The van der Waals surface area contributed by atoms with Crippen LogP contribution >= 0.6 is 0 Å². The molecule has 0 saturated carbocycles. The molecule has 0 aromatic rings. The average molecular weight is 201 g/mol. The van der Waals surface area contributed by atoms with Crippen molar-refractivity contribution in [1.29, 1.82) is 0 Å². The van der Waals surface area contributed by atoms with Gasteiger partial charge in [-0.25, -0.2) is 0 Å². The lowest BCUT2D eigenvalue weighted by molar-refractivity contribution is -0.148. The van der Waals surface area contributed by atoms with Crippen molar-refractivity contribution in [2.45, 2.75) is 34.1 Å². The Morgan fingerprint density at radius 3 is 2.14 bits per heavy atom. The van der Waals surface area contributed by atoms with Gasteiger partial charge in [-0.15, -0.1) is 0 Å². The molecule has 82 valence electrons. The summed E-state index contributed by atoms with van der Waals surface area (Å²) in [4.78, 5) is 22.1. The molecular formula is C10H19NO3. The van der Waals surface area contributed by atoms with Crippen LogP contribution in [0.15, 0.2) is 0 Å². The molecule has 0 bridgehead atoms. The van der Waals surface area contributed by atoms with E-state index in [0.717, 1.165) is 0 Å². The van der Waals surface area contributed by atoms with Crippen LogP contribution in [0.25, 0.3) is 0 Å². The van der Waals surface area contributed by atoms with Gasteiger partial charge < -0.3 is 10.4 Å². The van der Waals surface area contributed by atoms with Crippen LogP contribution in [0.5, 0.6) is 0 Å². The summed E-state index contributed by atoms with van der Waals surface area (Å²) in [5, 5.41) is 11.5. The summed E-state index contributed by atoms with van der Waals surface area (Å²) in [5.41, 5.74) is -0.392. The van der Waals surface area contributed by atoms with Crippen molar-refractivity contribution in [2.24, 2.45) is 11.3 Å². The number of hydrogen-bond donors (Lipinski definition) is 2. The Morgan fingerprint density at radius 2 is 1.86 bits per heavy atom. The first kappa shape index (κ1) is 12.9. The minimum Gasteiger partial charge on any atom is -0.481 e. The van der Waals surface area contributed by atoms with E-state index in [1.807, 2.05) is 27.7 Å². The van der Waals surface area contributed by atoms with Gasteiger partial charge in [0.05, 0.1) is 5.92 Å². The van der Waals surface area contributed by atoms with Gasteiger partial charge in [-0.2, -0.15) is 0 Å². The highest BCUT2D eigenvalue weighted by atomic mass is 16.4. The fourth-order valence-corrected chi connectivity index (χ4v) is 1.22. The number of rotatable bonds is 4. The third kappa shape index (κ3) is 4.25. The molecule has 0 aliphatic heterocycles. The molecule has 0 saturated heterocycles. The first-order valence-electron chi connectivity index (χ1n) is 4.78. The Morgan fingerprint density at radius 1 is 1.36 bits per heavy atom. The van der Waals surface area contributed by atoms with Gasteiger partial charge in [-0.3, -0.25) is 9.59 Å². The Labute approximate surface area is 84.7 Å². The van der Waals surface area contributed by atoms with Gasteiger partial charge in [0, 0.05) is 13.0 Å². The molecular weight excluding hydrogens is 182 g/mol. The molecule has 1 atom stereocenters. The molecule has 0 aliphatic carbocycles. The standard InChI is InChI=1S/C10H19NO3/c1-5-11-8(12)6-7(9(13)14)10(2,3)4/h7H,5-6H2,1-4H3,(H,11,12)(H,13,14). The van der Waals surface area contributed by atoms with Gasteiger partial charge in [0.1, 0.15) is 0 Å². The van der Waals surface area contributed by atoms with Gasteiger partial charge in [-0.05, 0) is 12.3 Å². The summed E-state index contributed by atoms with van der Waals surface area (Å²) in [6.07, 6.45) is 0.0483. The van der Waals surface area contributed by atoms with Crippen molar-refractivity contribution in [3.8, 4) is 0 Å². The van der Waals surface area contributed by atoms with E-state index in [0.29, 0.717) is 6.54 Å². The number of hydrogen-bond acceptors (Lipinski definition) is 2. The summed E-state index contributed by atoms with van der Waals surface area (Å²) in [6, 6.07) is 0. The molecule has 0 radical (unpaired) electrons. The van der Waals surface area contributed by atoms with E-state index in [1.165, 1.54) is 0 Å². The van der Waals surface area contributed by atoms with Crippen molar-refractivity contribution in [3.05, 3.63) is 0 Å². The molecule has 0 fully saturated rings. The molecule has 14 heavy (non-hydrogen) atoms. The lowest BCUT2D eigenvalue weighted by atomic mass is 9.78. The quantitative estimate of drug-likeness (QED) is 0.719. The molecule has 1 unspecified atom stereocenters. The minimum absolute atomic E-state index is 0.0483. The van der Waals surface area contributed by atoms with Crippen LogP contribution in [-0.4, -0.2) is 23.5 Å². The molecule has 0 rings (SSSR count). The van der Waals surface area contributed by atoms with Gasteiger partial charge in [-0.1, -0.05) is 20.8 Å². The number of carbonyl (C=O) groups excluding carboxylic acids is 1. The number of carbonyl (C=O) groups is 2. The first-order chi connectivity index (χ1) is 6.29. The molecule has 0 spiro atoms. The zero-order valence-corrected chi connectivity index (χ0v) is 9.26. The monoisotopic (exact) mass is 201 g/mol. The first-order valence-corrected chi connectivity index (χ1v) is 4.78. The predicted molar refractivity (Wildman–Crippen MR) is 53.9 cm³/mol. The highest BCUT2D eigenvalue weighted by Crippen LogP contribution is 2.28. The number of amides is 1. The second-order valence-electron chi connectivity index (χ2n) is 4.41. The third-order valence-electron chi connectivity index (χ3n) is 2.11. The maximum absolute atomic E-state index is 11.2. The van der Waals surface area contributed by atoms with Crippen LogP contribution in [0.1, 0.15) is 34.1 Å². The van der Waals surface area contributed by atoms with E-state index in [-0.39, 0.29) is 12.3 Å². The van der Waals surface area contributed by atoms with Crippen LogP contribution < -0.4 is 5.32 Å². The van der Waals surface area contributed by atoms with E-state index in [9.17, 15) is 9.59 Å². The molecule has 0 aromatic carbocycles. The summed E-state index contributed by atoms with van der Waals surface area (Å²) >= 11 is 0. The smallest absolute Gasteiger partial charge is 0.307 e. The Bertz CT molecular complexity index is 218. The van der Waals surface area contributed by atoms with Crippen molar-refractivity contribution in [1.82, 2.24) is 5.32 Å². The summed E-state index contributed by atoms with van der Waals surface area (Å²) < 4.78 is 0.